The van der Waals surface area contributed by atoms with E-state index in [9.17, 15) is 20.0 Å². The number of imidazole rings is 1. The number of rotatable bonds is 2. The number of aromatic nitrogens is 2. The van der Waals surface area contributed by atoms with Gasteiger partial charge in [0.2, 0.25) is 0 Å². The molecule has 2 aromatic heterocycles. The van der Waals surface area contributed by atoms with Gasteiger partial charge in [-0.3, -0.25) is 14.9 Å². The van der Waals surface area contributed by atoms with E-state index in [-0.39, 0.29) is 22.6 Å². The summed E-state index contributed by atoms with van der Waals surface area (Å²) < 4.78 is 1.89. The Kier molecular flexibility index (Phi) is 3.52. The third-order valence-corrected chi connectivity index (χ3v) is 5.16. The molecule has 0 saturated heterocycles. The first-order chi connectivity index (χ1) is 12.3. The Labute approximate surface area is 150 Å². The third kappa shape index (κ3) is 2.42. The molecule has 0 saturated carbocycles. The molecule has 0 aliphatic rings. The second kappa shape index (κ2) is 5.63. The van der Waals surface area contributed by atoms with E-state index in [2.05, 4.69) is 4.98 Å². The number of non-ortho nitro benzene ring substituents is 1. The molecule has 0 amide bonds. The number of phenols is 1. The maximum absolute atomic E-state index is 12.8. The number of aryl methyl sites for hydroxylation is 2. The van der Waals surface area contributed by atoms with Crippen LogP contribution in [0.15, 0.2) is 35.1 Å². The molecule has 0 aliphatic carbocycles. The summed E-state index contributed by atoms with van der Waals surface area (Å²) in [6.07, 6.45) is 1.46. The van der Waals surface area contributed by atoms with Crippen LogP contribution in [-0.2, 0) is 0 Å². The van der Waals surface area contributed by atoms with E-state index in [1.165, 1.54) is 35.6 Å². The molecule has 2 aromatic carbocycles. The van der Waals surface area contributed by atoms with Gasteiger partial charge < -0.3 is 5.11 Å². The molecule has 4 rings (SSSR count). The molecule has 130 valence electrons. The number of thiazole rings is 1. The van der Waals surface area contributed by atoms with E-state index in [1.807, 2.05) is 26.0 Å². The van der Waals surface area contributed by atoms with Crippen molar-refractivity contribution >= 4 is 39.1 Å². The van der Waals surface area contributed by atoms with E-state index in [4.69, 9.17) is 0 Å². The molecule has 0 atom stereocenters. The van der Waals surface area contributed by atoms with E-state index in [1.54, 1.807) is 4.40 Å². The van der Waals surface area contributed by atoms with Crippen LogP contribution in [0, 0.1) is 24.0 Å². The molecule has 0 spiro atoms. The summed E-state index contributed by atoms with van der Waals surface area (Å²) in [5.74, 6) is -0.127. The van der Waals surface area contributed by atoms with Gasteiger partial charge in [0, 0.05) is 17.7 Å². The van der Waals surface area contributed by atoms with Crippen molar-refractivity contribution in [2.24, 2.45) is 0 Å². The predicted octanol–water partition coefficient (Wildman–Crippen LogP) is 2.69. The van der Waals surface area contributed by atoms with Gasteiger partial charge in [0.05, 0.1) is 20.5 Å². The van der Waals surface area contributed by atoms with Gasteiger partial charge in [-0.15, -0.1) is 0 Å². The number of hydrogen-bond acceptors (Lipinski definition) is 6. The number of nitrogens with zero attached hydrogens (tertiary/aromatic N) is 3. The molecule has 26 heavy (non-hydrogen) atoms. The van der Waals surface area contributed by atoms with E-state index >= 15 is 0 Å². The Hall–Kier alpha value is -3.26. The second-order valence-electron chi connectivity index (χ2n) is 6.10. The zero-order chi connectivity index (χ0) is 18.6. The molecule has 0 radical (unpaired) electrons. The first-order valence-electron chi connectivity index (χ1n) is 7.76. The SMILES string of the molecule is Cc1cc(C)c2nc3sc(=Cc4cc([N+](=O)[O-])ccc4O)c(=O)n3c2c1. The van der Waals surface area contributed by atoms with Crippen molar-refractivity contribution in [3.8, 4) is 5.75 Å². The summed E-state index contributed by atoms with van der Waals surface area (Å²) in [7, 11) is 0. The van der Waals surface area contributed by atoms with Crippen LogP contribution >= 0.6 is 11.3 Å². The minimum absolute atomic E-state index is 0.127. The highest BCUT2D eigenvalue weighted by molar-refractivity contribution is 7.15. The summed E-state index contributed by atoms with van der Waals surface area (Å²) in [5, 5.41) is 20.9. The summed E-state index contributed by atoms with van der Waals surface area (Å²) in [5.41, 5.74) is 3.35. The Bertz CT molecular complexity index is 1320. The fourth-order valence-corrected chi connectivity index (χ4v) is 3.99. The lowest BCUT2D eigenvalue weighted by molar-refractivity contribution is -0.384. The van der Waals surface area contributed by atoms with Crippen molar-refractivity contribution in [2.75, 3.05) is 0 Å². The Morgan fingerprint density at radius 1 is 1.27 bits per heavy atom. The Morgan fingerprint density at radius 3 is 2.77 bits per heavy atom. The lowest BCUT2D eigenvalue weighted by Gasteiger charge is -1.98. The topological polar surface area (TPSA) is 97.7 Å². The smallest absolute Gasteiger partial charge is 0.274 e. The van der Waals surface area contributed by atoms with Crippen LogP contribution in [0.3, 0.4) is 0 Å². The quantitative estimate of drug-likeness (QED) is 0.434. The van der Waals surface area contributed by atoms with Crippen molar-refractivity contribution in [1.82, 2.24) is 9.38 Å². The van der Waals surface area contributed by atoms with Crippen molar-refractivity contribution in [1.29, 1.82) is 0 Å². The van der Waals surface area contributed by atoms with Gasteiger partial charge in [-0.1, -0.05) is 17.4 Å². The van der Waals surface area contributed by atoms with E-state index in [0.29, 0.717) is 9.49 Å². The standard InChI is InChI=1S/C18H13N3O4S/c1-9-5-10(2)16-13(6-9)20-17(23)15(26-18(20)19-16)8-11-7-12(21(24)25)3-4-14(11)22/h3-8,22H,1-2H3. The molecule has 4 aromatic rings. The maximum atomic E-state index is 12.8. The third-order valence-electron chi connectivity index (χ3n) is 4.19. The van der Waals surface area contributed by atoms with Gasteiger partial charge >= 0.3 is 0 Å². The Balaban J connectivity index is 2.01. The van der Waals surface area contributed by atoms with Crippen LogP contribution in [0.25, 0.3) is 22.1 Å². The maximum Gasteiger partial charge on any atom is 0.274 e. The summed E-state index contributed by atoms with van der Waals surface area (Å²) >= 11 is 1.18. The first kappa shape index (κ1) is 16.2. The molecule has 0 aliphatic heterocycles. The molecule has 8 heteroatoms. The molecular formula is C18H13N3O4S. The van der Waals surface area contributed by atoms with Crippen LogP contribution in [0.2, 0.25) is 0 Å². The highest BCUT2D eigenvalue weighted by atomic mass is 32.1. The predicted molar refractivity (Wildman–Crippen MR) is 99.9 cm³/mol. The fourth-order valence-electron chi connectivity index (χ4n) is 3.02. The lowest BCUT2D eigenvalue weighted by Crippen LogP contribution is -2.22. The molecule has 0 bridgehead atoms. The molecule has 0 unspecified atom stereocenters. The number of nitro benzene ring substituents is 1. The van der Waals surface area contributed by atoms with Gasteiger partial charge in [0.25, 0.3) is 11.2 Å². The molecule has 1 N–H and O–H groups in total. The van der Waals surface area contributed by atoms with Gasteiger partial charge in [0.15, 0.2) is 4.96 Å². The van der Waals surface area contributed by atoms with Crippen molar-refractivity contribution in [2.45, 2.75) is 13.8 Å². The largest absolute Gasteiger partial charge is 0.507 e. The lowest BCUT2D eigenvalue weighted by atomic mass is 10.1. The molecule has 7 nitrogen and oxygen atoms in total. The van der Waals surface area contributed by atoms with Crippen LogP contribution in [0.5, 0.6) is 5.75 Å². The number of fused-ring (bicyclic) bond motifs is 3. The van der Waals surface area contributed by atoms with Crippen molar-refractivity contribution in [3.05, 3.63) is 72.0 Å². The highest BCUT2D eigenvalue weighted by Gasteiger charge is 2.14. The highest BCUT2D eigenvalue weighted by Crippen LogP contribution is 2.24. The minimum atomic E-state index is -0.546. The van der Waals surface area contributed by atoms with E-state index in [0.717, 1.165) is 22.2 Å². The number of hydrogen-bond donors (Lipinski definition) is 1. The number of benzene rings is 2. The second-order valence-corrected chi connectivity index (χ2v) is 7.10. The van der Waals surface area contributed by atoms with Crippen molar-refractivity contribution in [3.63, 3.8) is 0 Å². The number of aromatic hydroxyl groups is 1. The molecular weight excluding hydrogens is 354 g/mol. The number of nitro groups is 1. The normalized spacial score (nSPS) is 12.3. The van der Waals surface area contributed by atoms with Crippen LogP contribution in [0.1, 0.15) is 16.7 Å². The zero-order valence-corrected chi connectivity index (χ0v) is 14.7. The van der Waals surface area contributed by atoms with Crippen LogP contribution in [0.4, 0.5) is 5.69 Å². The average molecular weight is 367 g/mol. The Morgan fingerprint density at radius 2 is 2.04 bits per heavy atom. The van der Waals surface area contributed by atoms with Crippen molar-refractivity contribution < 1.29 is 10.0 Å². The van der Waals surface area contributed by atoms with Gasteiger partial charge in [0.1, 0.15) is 5.75 Å². The average Bonchev–Trinajstić information content (AvgIpc) is 3.07. The van der Waals surface area contributed by atoms with E-state index < -0.39 is 4.92 Å². The summed E-state index contributed by atoms with van der Waals surface area (Å²) in [6.45, 7) is 3.90. The molecule has 2 heterocycles. The summed E-state index contributed by atoms with van der Waals surface area (Å²) in [6, 6.07) is 7.62. The summed E-state index contributed by atoms with van der Waals surface area (Å²) in [4.78, 5) is 28.3. The minimum Gasteiger partial charge on any atom is -0.507 e. The van der Waals surface area contributed by atoms with Crippen LogP contribution < -0.4 is 10.1 Å². The fraction of sp³-hybridized carbons (Fsp3) is 0.111. The van der Waals surface area contributed by atoms with Crippen LogP contribution in [-0.4, -0.2) is 19.4 Å². The number of phenolic OH excluding ortho intramolecular Hbond substituents is 1. The molecule has 0 fully saturated rings. The van der Waals surface area contributed by atoms with Gasteiger partial charge in [-0.2, -0.15) is 0 Å². The first-order valence-corrected chi connectivity index (χ1v) is 8.58. The monoisotopic (exact) mass is 367 g/mol. The zero-order valence-electron chi connectivity index (χ0n) is 13.9. The van der Waals surface area contributed by atoms with Gasteiger partial charge in [-0.25, -0.2) is 9.38 Å². The van der Waals surface area contributed by atoms with Gasteiger partial charge in [-0.05, 0) is 43.2 Å².